The molecule has 0 bridgehead atoms. The Kier molecular flexibility index (Phi) is 3.49. The van der Waals surface area contributed by atoms with Crippen LogP contribution in [-0.4, -0.2) is 27.5 Å². The average Bonchev–Trinajstić information content (AvgIpc) is 3.02. The molecule has 1 aromatic heterocycles. The smallest absolute Gasteiger partial charge is 0.124 e. The quantitative estimate of drug-likeness (QED) is 0.773. The number of nitrogens with zero attached hydrogens (tertiary/aromatic N) is 2. The molecule has 90 valence electrons. The van der Waals surface area contributed by atoms with Crippen molar-refractivity contribution in [2.75, 3.05) is 11.9 Å². The molecule has 1 unspecified atom stereocenters. The molecule has 1 heterocycles. The van der Waals surface area contributed by atoms with Crippen molar-refractivity contribution < 1.29 is 5.11 Å². The lowest BCUT2D eigenvalue weighted by atomic mass is 10.1. The third kappa shape index (κ3) is 2.55. The fourth-order valence-electron chi connectivity index (χ4n) is 2.17. The number of aliphatic hydroxyl groups is 1. The largest absolute Gasteiger partial charge is 0.394 e. The summed E-state index contributed by atoms with van der Waals surface area (Å²) in [5.74, 6) is 1.88. The number of nitrogens with one attached hydrogen (secondary N) is 1. The van der Waals surface area contributed by atoms with Crippen LogP contribution >= 0.6 is 0 Å². The van der Waals surface area contributed by atoms with Crippen molar-refractivity contribution in [1.82, 2.24) is 9.78 Å². The second-order valence-electron chi connectivity index (χ2n) is 4.61. The maximum absolute atomic E-state index is 8.98. The van der Waals surface area contributed by atoms with Gasteiger partial charge in [-0.2, -0.15) is 5.10 Å². The number of anilines is 1. The molecule has 0 aliphatic heterocycles. The van der Waals surface area contributed by atoms with E-state index in [1.54, 1.807) is 0 Å². The summed E-state index contributed by atoms with van der Waals surface area (Å²) in [5, 5.41) is 16.9. The number of rotatable bonds is 6. The van der Waals surface area contributed by atoms with E-state index in [1.165, 1.54) is 12.8 Å². The van der Waals surface area contributed by atoms with E-state index in [9.17, 15) is 0 Å². The van der Waals surface area contributed by atoms with Gasteiger partial charge < -0.3 is 10.4 Å². The fourth-order valence-corrected chi connectivity index (χ4v) is 2.17. The van der Waals surface area contributed by atoms with Crippen molar-refractivity contribution in [1.29, 1.82) is 0 Å². The predicted molar refractivity (Wildman–Crippen MR) is 64.5 cm³/mol. The van der Waals surface area contributed by atoms with Crippen molar-refractivity contribution in [3.05, 3.63) is 11.8 Å². The Bertz CT molecular complexity index is 344. The van der Waals surface area contributed by atoms with Crippen LogP contribution in [0.15, 0.2) is 6.07 Å². The molecule has 0 radical (unpaired) electrons. The van der Waals surface area contributed by atoms with Gasteiger partial charge >= 0.3 is 0 Å². The molecule has 1 atom stereocenters. The normalized spacial score (nSPS) is 17.4. The molecule has 16 heavy (non-hydrogen) atoms. The van der Waals surface area contributed by atoms with E-state index >= 15 is 0 Å². The fraction of sp³-hybridized carbons (Fsp3) is 0.750. The first-order chi connectivity index (χ1) is 7.74. The summed E-state index contributed by atoms with van der Waals surface area (Å²) in [4.78, 5) is 0. The van der Waals surface area contributed by atoms with Gasteiger partial charge in [-0.3, -0.25) is 0 Å². The average molecular weight is 223 g/mol. The number of aryl methyl sites for hydroxylation is 1. The number of aliphatic hydroxyl groups excluding tert-OH is 1. The van der Waals surface area contributed by atoms with E-state index in [0.717, 1.165) is 23.9 Å². The van der Waals surface area contributed by atoms with Gasteiger partial charge in [0.15, 0.2) is 0 Å². The second-order valence-corrected chi connectivity index (χ2v) is 4.61. The molecule has 1 fully saturated rings. The first kappa shape index (κ1) is 11.5. The monoisotopic (exact) mass is 223 g/mol. The van der Waals surface area contributed by atoms with E-state index in [-0.39, 0.29) is 6.61 Å². The molecule has 2 rings (SSSR count). The molecule has 0 saturated heterocycles. The van der Waals surface area contributed by atoms with Gasteiger partial charge in [0.25, 0.3) is 0 Å². The molecular weight excluding hydrogens is 202 g/mol. The second kappa shape index (κ2) is 4.87. The molecule has 0 amide bonds. The van der Waals surface area contributed by atoms with Crippen LogP contribution in [0.5, 0.6) is 0 Å². The molecule has 4 heteroatoms. The van der Waals surface area contributed by atoms with Gasteiger partial charge in [0.2, 0.25) is 0 Å². The summed E-state index contributed by atoms with van der Waals surface area (Å²) < 4.78 is 1.86. The van der Waals surface area contributed by atoms with E-state index in [1.807, 2.05) is 11.6 Å². The maximum Gasteiger partial charge on any atom is 0.124 e. The van der Waals surface area contributed by atoms with Gasteiger partial charge in [0, 0.05) is 12.1 Å². The molecule has 0 spiro atoms. The summed E-state index contributed by atoms with van der Waals surface area (Å²) in [5.41, 5.74) is 1.00. The maximum atomic E-state index is 8.98. The van der Waals surface area contributed by atoms with Crippen molar-refractivity contribution in [2.24, 2.45) is 5.92 Å². The highest BCUT2D eigenvalue weighted by atomic mass is 16.3. The summed E-state index contributed by atoms with van der Waals surface area (Å²) >= 11 is 0. The van der Waals surface area contributed by atoms with Gasteiger partial charge in [0.1, 0.15) is 5.82 Å². The minimum absolute atomic E-state index is 0.135. The van der Waals surface area contributed by atoms with E-state index in [0.29, 0.717) is 12.6 Å². The predicted octanol–water partition coefficient (Wildman–Crippen LogP) is 1.78. The highest BCUT2D eigenvalue weighted by Crippen LogP contribution is 2.35. The van der Waals surface area contributed by atoms with E-state index < -0.39 is 0 Å². The number of hydrogen-bond donors (Lipinski definition) is 2. The Morgan fingerprint density at radius 2 is 2.38 bits per heavy atom. The molecule has 1 aliphatic rings. The molecule has 1 aromatic rings. The van der Waals surface area contributed by atoms with Crippen LogP contribution in [0.4, 0.5) is 5.82 Å². The summed E-state index contributed by atoms with van der Waals surface area (Å²) in [6.07, 6.45) is 3.84. The van der Waals surface area contributed by atoms with Crippen LogP contribution < -0.4 is 5.32 Å². The van der Waals surface area contributed by atoms with Gasteiger partial charge in [0.05, 0.1) is 18.8 Å². The van der Waals surface area contributed by atoms with Crippen molar-refractivity contribution in [3.8, 4) is 0 Å². The Hall–Kier alpha value is -1.03. The SMILES string of the molecule is CCC(Nc1cc(C)nn1CCO)C1CC1. The van der Waals surface area contributed by atoms with E-state index in [2.05, 4.69) is 23.4 Å². The minimum Gasteiger partial charge on any atom is -0.394 e. The zero-order chi connectivity index (χ0) is 11.5. The number of hydrogen-bond acceptors (Lipinski definition) is 3. The summed E-state index contributed by atoms with van der Waals surface area (Å²) in [6, 6.07) is 2.62. The molecule has 1 aliphatic carbocycles. The molecule has 1 saturated carbocycles. The molecule has 2 N–H and O–H groups in total. The summed E-state index contributed by atoms with van der Waals surface area (Å²) in [6.45, 7) is 4.90. The summed E-state index contributed by atoms with van der Waals surface area (Å²) in [7, 11) is 0. The standard InChI is InChI=1S/C12H21N3O/c1-3-11(10-4-5-10)13-12-8-9(2)14-15(12)6-7-16/h8,10-11,13,16H,3-7H2,1-2H3. The highest BCUT2D eigenvalue weighted by Gasteiger charge is 2.30. The molecular formula is C12H21N3O. The minimum atomic E-state index is 0.135. The van der Waals surface area contributed by atoms with Crippen molar-refractivity contribution in [2.45, 2.75) is 45.7 Å². The first-order valence-corrected chi connectivity index (χ1v) is 6.16. The van der Waals surface area contributed by atoms with Gasteiger partial charge in [-0.1, -0.05) is 6.92 Å². The third-order valence-corrected chi connectivity index (χ3v) is 3.18. The molecule has 0 aromatic carbocycles. The Morgan fingerprint density at radius 1 is 1.62 bits per heavy atom. The highest BCUT2D eigenvalue weighted by molar-refractivity contribution is 5.38. The van der Waals surface area contributed by atoms with Gasteiger partial charge in [-0.05, 0) is 32.1 Å². The van der Waals surface area contributed by atoms with Crippen LogP contribution in [0.3, 0.4) is 0 Å². The Morgan fingerprint density at radius 3 is 2.94 bits per heavy atom. The van der Waals surface area contributed by atoms with Crippen molar-refractivity contribution >= 4 is 5.82 Å². The van der Waals surface area contributed by atoms with Crippen LogP contribution in [0.25, 0.3) is 0 Å². The van der Waals surface area contributed by atoms with Crippen LogP contribution in [-0.2, 0) is 6.54 Å². The first-order valence-electron chi connectivity index (χ1n) is 6.16. The number of aromatic nitrogens is 2. The molecule has 4 nitrogen and oxygen atoms in total. The van der Waals surface area contributed by atoms with Crippen LogP contribution in [0, 0.1) is 12.8 Å². The lowest BCUT2D eigenvalue weighted by Gasteiger charge is -2.18. The van der Waals surface area contributed by atoms with E-state index in [4.69, 9.17) is 5.11 Å². The van der Waals surface area contributed by atoms with Crippen LogP contribution in [0.1, 0.15) is 31.9 Å². The zero-order valence-corrected chi connectivity index (χ0v) is 10.1. The van der Waals surface area contributed by atoms with Gasteiger partial charge in [-0.15, -0.1) is 0 Å². The van der Waals surface area contributed by atoms with Crippen molar-refractivity contribution in [3.63, 3.8) is 0 Å². The topological polar surface area (TPSA) is 50.1 Å². The third-order valence-electron chi connectivity index (χ3n) is 3.18. The van der Waals surface area contributed by atoms with Crippen LogP contribution in [0.2, 0.25) is 0 Å². The lowest BCUT2D eigenvalue weighted by molar-refractivity contribution is 0.270. The Balaban J connectivity index is 2.06. The lowest BCUT2D eigenvalue weighted by Crippen LogP contribution is -2.23. The Labute approximate surface area is 96.7 Å². The zero-order valence-electron chi connectivity index (χ0n) is 10.1. The van der Waals surface area contributed by atoms with Gasteiger partial charge in [-0.25, -0.2) is 4.68 Å².